The summed E-state index contributed by atoms with van der Waals surface area (Å²) in [6.45, 7) is 0.697. The van der Waals surface area contributed by atoms with Crippen LogP contribution in [0.25, 0.3) is 0 Å². The normalized spacial score (nSPS) is 35.2. The molecular weight excluding hydrogens is 194 g/mol. The number of nitrogens with one attached hydrogen (secondary N) is 1. The maximum absolute atomic E-state index is 11.3. The van der Waals surface area contributed by atoms with E-state index in [1.807, 2.05) is 0 Å². The SMILES string of the molecule is COC(=O)C12CC1CCNC2=O.Cl. The molecule has 74 valence electrons. The molecule has 1 saturated carbocycles. The molecule has 1 saturated heterocycles. The van der Waals surface area contributed by atoms with Gasteiger partial charge in [0.15, 0.2) is 0 Å². The van der Waals surface area contributed by atoms with E-state index in [1.54, 1.807) is 0 Å². The Labute approximate surface area is 82.4 Å². The minimum Gasteiger partial charge on any atom is -0.468 e. The van der Waals surface area contributed by atoms with Crippen molar-refractivity contribution in [3.8, 4) is 0 Å². The Morgan fingerprint density at radius 2 is 2.38 bits per heavy atom. The second kappa shape index (κ2) is 3.18. The van der Waals surface area contributed by atoms with Gasteiger partial charge in [-0.15, -0.1) is 12.4 Å². The molecule has 2 atom stereocenters. The van der Waals surface area contributed by atoms with E-state index in [4.69, 9.17) is 0 Å². The van der Waals surface area contributed by atoms with Gasteiger partial charge in [-0.2, -0.15) is 0 Å². The number of amides is 1. The van der Waals surface area contributed by atoms with Gasteiger partial charge >= 0.3 is 5.97 Å². The number of hydrogen-bond donors (Lipinski definition) is 1. The fourth-order valence-corrected chi connectivity index (χ4v) is 2.00. The highest BCUT2D eigenvalue weighted by Crippen LogP contribution is 2.56. The highest BCUT2D eigenvalue weighted by molar-refractivity contribution is 6.06. The van der Waals surface area contributed by atoms with Gasteiger partial charge in [-0.25, -0.2) is 0 Å². The molecule has 2 fully saturated rings. The van der Waals surface area contributed by atoms with Crippen molar-refractivity contribution in [1.82, 2.24) is 5.32 Å². The Morgan fingerprint density at radius 3 is 2.92 bits per heavy atom. The lowest BCUT2D eigenvalue weighted by Gasteiger charge is -2.19. The van der Waals surface area contributed by atoms with Crippen LogP contribution in [0.15, 0.2) is 0 Å². The summed E-state index contributed by atoms with van der Waals surface area (Å²) in [7, 11) is 1.33. The van der Waals surface area contributed by atoms with Crippen molar-refractivity contribution in [2.75, 3.05) is 13.7 Å². The van der Waals surface area contributed by atoms with Crippen LogP contribution in [0.4, 0.5) is 0 Å². The standard InChI is InChI=1S/C8H11NO3.ClH/c1-12-7(11)8-4-5(8)2-3-9-6(8)10;/h5H,2-4H2,1H3,(H,9,10);1H. The number of carbonyl (C=O) groups is 2. The van der Waals surface area contributed by atoms with Gasteiger partial charge in [-0.1, -0.05) is 0 Å². The second-order valence-electron chi connectivity index (χ2n) is 3.41. The summed E-state index contributed by atoms with van der Waals surface area (Å²) in [5.74, 6) is -0.283. The van der Waals surface area contributed by atoms with Crippen LogP contribution < -0.4 is 5.32 Å². The van der Waals surface area contributed by atoms with Crippen molar-refractivity contribution < 1.29 is 14.3 Å². The predicted molar refractivity (Wildman–Crippen MR) is 47.4 cm³/mol. The highest BCUT2D eigenvalue weighted by atomic mass is 35.5. The summed E-state index contributed by atoms with van der Waals surface area (Å²) >= 11 is 0. The molecule has 0 aromatic rings. The average Bonchev–Trinajstić information content (AvgIpc) is 2.80. The molecule has 1 amide bonds. The van der Waals surface area contributed by atoms with Gasteiger partial charge in [-0.05, 0) is 18.8 Å². The minimum absolute atomic E-state index is 0. The van der Waals surface area contributed by atoms with Crippen LogP contribution in [-0.2, 0) is 14.3 Å². The van der Waals surface area contributed by atoms with Crippen LogP contribution in [-0.4, -0.2) is 25.5 Å². The third-order valence-electron chi connectivity index (χ3n) is 2.84. The number of piperidine rings is 1. The zero-order valence-corrected chi connectivity index (χ0v) is 8.15. The first kappa shape index (κ1) is 10.3. The Hall–Kier alpha value is -0.770. The second-order valence-corrected chi connectivity index (χ2v) is 3.41. The number of fused-ring (bicyclic) bond motifs is 1. The molecule has 4 nitrogen and oxygen atoms in total. The molecule has 2 rings (SSSR count). The van der Waals surface area contributed by atoms with Crippen molar-refractivity contribution in [2.45, 2.75) is 12.8 Å². The number of carbonyl (C=O) groups excluding carboxylic acids is 2. The number of esters is 1. The van der Waals surface area contributed by atoms with E-state index in [2.05, 4.69) is 10.1 Å². The van der Waals surface area contributed by atoms with Crippen molar-refractivity contribution in [3.05, 3.63) is 0 Å². The van der Waals surface area contributed by atoms with Crippen LogP contribution >= 0.6 is 12.4 Å². The molecule has 1 N–H and O–H groups in total. The minimum atomic E-state index is -0.799. The maximum Gasteiger partial charge on any atom is 0.321 e. The molecule has 13 heavy (non-hydrogen) atoms. The number of hydrogen-bond acceptors (Lipinski definition) is 3. The zero-order valence-electron chi connectivity index (χ0n) is 7.33. The van der Waals surface area contributed by atoms with Crippen LogP contribution in [0.2, 0.25) is 0 Å². The highest BCUT2D eigenvalue weighted by Gasteiger charge is 2.67. The summed E-state index contributed by atoms with van der Waals surface area (Å²) in [5, 5.41) is 2.69. The Kier molecular flexibility index (Phi) is 2.52. The first-order valence-corrected chi connectivity index (χ1v) is 4.08. The number of ether oxygens (including phenoxy) is 1. The summed E-state index contributed by atoms with van der Waals surface area (Å²) < 4.78 is 4.61. The lowest BCUT2D eigenvalue weighted by atomic mass is 9.98. The average molecular weight is 206 g/mol. The molecule has 0 radical (unpaired) electrons. The Morgan fingerprint density at radius 1 is 1.69 bits per heavy atom. The molecule has 1 aliphatic carbocycles. The van der Waals surface area contributed by atoms with Crippen molar-refractivity contribution >= 4 is 24.3 Å². The van der Waals surface area contributed by atoms with E-state index in [0.717, 1.165) is 6.42 Å². The van der Waals surface area contributed by atoms with E-state index in [9.17, 15) is 9.59 Å². The smallest absolute Gasteiger partial charge is 0.321 e. The number of rotatable bonds is 1. The van der Waals surface area contributed by atoms with E-state index < -0.39 is 5.41 Å². The van der Waals surface area contributed by atoms with Crippen LogP contribution in [0.1, 0.15) is 12.8 Å². The van der Waals surface area contributed by atoms with Gasteiger partial charge in [0.1, 0.15) is 5.41 Å². The molecule has 0 spiro atoms. The third-order valence-corrected chi connectivity index (χ3v) is 2.84. The van der Waals surface area contributed by atoms with Gasteiger partial charge in [-0.3, -0.25) is 9.59 Å². The fraction of sp³-hybridized carbons (Fsp3) is 0.750. The van der Waals surface area contributed by atoms with E-state index in [0.29, 0.717) is 13.0 Å². The third kappa shape index (κ3) is 1.20. The fourth-order valence-electron chi connectivity index (χ4n) is 2.00. The quantitative estimate of drug-likeness (QED) is 0.488. The lowest BCUT2D eigenvalue weighted by Crippen LogP contribution is -2.43. The van der Waals surface area contributed by atoms with Crippen molar-refractivity contribution in [2.24, 2.45) is 11.3 Å². The van der Waals surface area contributed by atoms with Crippen molar-refractivity contribution in [1.29, 1.82) is 0 Å². The zero-order chi connectivity index (χ0) is 8.77. The Bertz CT molecular complexity index is 246. The molecule has 0 aromatic heterocycles. The molecule has 1 heterocycles. The maximum atomic E-state index is 11.3. The molecule has 1 aliphatic heterocycles. The molecule has 0 bridgehead atoms. The van der Waals surface area contributed by atoms with Crippen molar-refractivity contribution in [3.63, 3.8) is 0 Å². The van der Waals surface area contributed by atoms with Crippen LogP contribution in [0, 0.1) is 11.3 Å². The Balaban J connectivity index is 0.000000845. The lowest BCUT2D eigenvalue weighted by molar-refractivity contribution is -0.153. The van der Waals surface area contributed by atoms with Gasteiger partial charge < -0.3 is 10.1 Å². The van der Waals surface area contributed by atoms with Crippen LogP contribution in [0.5, 0.6) is 0 Å². The summed E-state index contributed by atoms with van der Waals surface area (Å²) in [4.78, 5) is 22.6. The number of methoxy groups -OCH3 is 1. The summed E-state index contributed by atoms with van der Waals surface area (Å²) in [6, 6.07) is 0. The first-order valence-electron chi connectivity index (χ1n) is 4.08. The van der Waals surface area contributed by atoms with Gasteiger partial charge in [0.25, 0.3) is 0 Å². The van der Waals surface area contributed by atoms with Gasteiger partial charge in [0.05, 0.1) is 7.11 Å². The van der Waals surface area contributed by atoms with Crippen LogP contribution in [0.3, 0.4) is 0 Å². The molecule has 5 heteroatoms. The van der Waals surface area contributed by atoms with E-state index >= 15 is 0 Å². The largest absolute Gasteiger partial charge is 0.468 e. The molecule has 0 aromatic carbocycles. The monoisotopic (exact) mass is 205 g/mol. The van der Waals surface area contributed by atoms with E-state index in [-0.39, 0.29) is 30.2 Å². The van der Waals surface area contributed by atoms with E-state index in [1.165, 1.54) is 7.11 Å². The number of halogens is 1. The molecular formula is C8H12ClNO3. The molecule has 2 aliphatic rings. The summed E-state index contributed by atoms with van der Waals surface area (Å²) in [6.07, 6.45) is 1.58. The predicted octanol–water partition coefficient (Wildman–Crippen LogP) is 0.107. The van der Waals surface area contributed by atoms with Gasteiger partial charge in [0.2, 0.25) is 5.91 Å². The van der Waals surface area contributed by atoms with Gasteiger partial charge in [0, 0.05) is 6.54 Å². The topological polar surface area (TPSA) is 55.4 Å². The first-order chi connectivity index (χ1) is 5.71. The summed E-state index contributed by atoms with van der Waals surface area (Å²) in [5.41, 5.74) is -0.799. The molecule has 2 unspecified atom stereocenters.